The van der Waals surface area contributed by atoms with E-state index in [0.717, 1.165) is 44.5 Å². The van der Waals surface area contributed by atoms with Crippen molar-refractivity contribution in [1.29, 1.82) is 0 Å². The molecule has 2 aliphatic heterocycles. The molecule has 0 aromatic carbocycles. The average molecular weight is 331 g/mol. The Kier molecular flexibility index (Phi) is 4.04. The number of aromatic nitrogens is 2. The van der Waals surface area contributed by atoms with Gasteiger partial charge in [0.15, 0.2) is 5.69 Å². The topological polar surface area (TPSA) is 70.5 Å². The molecule has 1 N–H and O–H groups in total. The monoisotopic (exact) mass is 331 g/mol. The van der Waals surface area contributed by atoms with Crippen LogP contribution in [0.25, 0.3) is 0 Å². The van der Waals surface area contributed by atoms with Crippen LogP contribution < -0.4 is 5.32 Å². The minimum absolute atomic E-state index is 0.0915. The van der Waals surface area contributed by atoms with Gasteiger partial charge in [0.1, 0.15) is 0 Å². The van der Waals surface area contributed by atoms with Crippen molar-refractivity contribution in [3.63, 3.8) is 0 Å². The van der Waals surface area contributed by atoms with Crippen molar-refractivity contribution in [3.8, 4) is 0 Å². The number of carbonyl (C=O) groups excluding carboxylic acids is 2. The Morgan fingerprint density at radius 1 is 1.21 bits per heavy atom. The molecule has 24 heavy (non-hydrogen) atoms. The molecule has 1 aromatic rings. The van der Waals surface area contributed by atoms with Crippen LogP contribution in [0, 0.1) is 5.92 Å². The van der Waals surface area contributed by atoms with Gasteiger partial charge >= 0.3 is 0 Å². The van der Waals surface area contributed by atoms with E-state index in [4.69, 9.17) is 0 Å². The van der Waals surface area contributed by atoms with Gasteiger partial charge in [-0.25, -0.2) is 0 Å². The van der Waals surface area contributed by atoms with Gasteiger partial charge in [-0.3, -0.25) is 14.3 Å². The van der Waals surface area contributed by atoms with Crippen LogP contribution in [0.5, 0.6) is 0 Å². The van der Waals surface area contributed by atoms with Crippen LogP contribution in [0.4, 0.5) is 0 Å². The molecule has 2 fully saturated rings. The van der Waals surface area contributed by atoms with Gasteiger partial charge in [0.25, 0.3) is 5.91 Å². The van der Waals surface area contributed by atoms with Crippen molar-refractivity contribution >= 4 is 11.8 Å². The third-order valence-corrected chi connectivity index (χ3v) is 5.23. The molecule has 2 amide bonds. The first kappa shape index (κ1) is 15.6. The lowest BCUT2D eigenvalue weighted by Gasteiger charge is -2.34. The number of amides is 2. The van der Waals surface area contributed by atoms with Crippen molar-refractivity contribution in [2.24, 2.45) is 5.92 Å². The van der Waals surface area contributed by atoms with Gasteiger partial charge in [0, 0.05) is 19.1 Å². The first-order chi connectivity index (χ1) is 11.6. The predicted octanol–water partition coefficient (Wildman–Crippen LogP) is 0.459. The molecule has 0 spiro atoms. The maximum absolute atomic E-state index is 12.8. The molecule has 4 rings (SSSR count). The SMILES string of the molecule is CN1CCC[C@H](C(=O)N2CCn3nc(C(=O)NC4CC4)cc3C2)C1. The van der Waals surface area contributed by atoms with Crippen LogP contribution in [0.15, 0.2) is 6.07 Å². The van der Waals surface area contributed by atoms with Gasteiger partial charge in [0.05, 0.1) is 24.7 Å². The van der Waals surface area contributed by atoms with Crippen LogP contribution >= 0.6 is 0 Å². The molecule has 0 radical (unpaired) electrons. The second-order valence-electron chi connectivity index (χ2n) is 7.35. The number of nitrogens with one attached hydrogen (secondary N) is 1. The summed E-state index contributed by atoms with van der Waals surface area (Å²) in [4.78, 5) is 29.1. The zero-order valence-electron chi connectivity index (χ0n) is 14.2. The Bertz CT molecular complexity index is 651. The maximum atomic E-state index is 12.8. The number of hydrogen-bond donors (Lipinski definition) is 1. The number of hydrogen-bond acceptors (Lipinski definition) is 4. The molecule has 1 saturated carbocycles. The summed E-state index contributed by atoms with van der Waals surface area (Å²) in [6, 6.07) is 2.17. The summed E-state index contributed by atoms with van der Waals surface area (Å²) in [5, 5.41) is 7.38. The predicted molar refractivity (Wildman–Crippen MR) is 88.4 cm³/mol. The second-order valence-corrected chi connectivity index (χ2v) is 7.35. The smallest absolute Gasteiger partial charge is 0.272 e. The van der Waals surface area contributed by atoms with Crippen molar-refractivity contribution in [3.05, 3.63) is 17.5 Å². The third kappa shape index (κ3) is 3.17. The summed E-state index contributed by atoms with van der Waals surface area (Å²) in [6.07, 6.45) is 4.20. The van der Waals surface area contributed by atoms with Gasteiger partial charge in [-0.2, -0.15) is 5.10 Å². The van der Waals surface area contributed by atoms with Gasteiger partial charge in [-0.05, 0) is 45.3 Å². The average Bonchev–Trinajstić information content (AvgIpc) is 3.28. The van der Waals surface area contributed by atoms with Gasteiger partial charge in [-0.15, -0.1) is 0 Å². The molecular formula is C17H25N5O2. The molecule has 1 aliphatic carbocycles. The molecule has 3 heterocycles. The molecular weight excluding hydrogens is 306 g/mol. The molecule has 7 nitrogen and oxygen atoms in total. The van der Waals surface area contributed by atoms with E-state index < -0.39 is 0 Å². The highest BCUT2D eigenvalue weighted by Crippen LogP contribution is 2.22. The van der Waals surface area contributed by atoms with Crippen LogP contribution in [0.3, 0.4) is 0 Å². The van der Waals surface area contributed by atoms with E-state index in [1.807, 2.05) is 15.6 Å². The number of rotatable bonds is 3. The Morgan fingerprint density at radius 2 is 2.04 bits per heavy atom. The minimum Gasteiger partial charge on any atom is -0.348 e. The zero-order valence-corrected chi connectivity index (χ0v) is 14.2. The van der Waals surface area contributed by atoms with Crippen molar-refractivity contribution in [2.45, 2.75) is 44.8 Å². The molecule has 1 aromatic heterocycles. The van der Waals surface area contributed by atoms with Crippen molar-refractivity contribution < 1.29 is 9.59 Å². The van der Waals surface area contributed by atoms with E-state index in [1.165, 1.54) is 0 Å². The molecule has 1 saturated heterocycles. The van der Waals surface area contributed by atoms with E-state index in [1.54, 1.807) is 0 Å². The lowest BCUT2D eigenvalue weighted by molar-refractivity contribution is -0.138. The fraction of sp³-hybridized carbons (Fsp3) is 0.706. The first-order valence-corrected chi connectivity index (χ1v) is 8.95. The summed E-state index contributed by atoms with van der Waals surface area (Å²) in [7, 11) is 2.08. The number of nitrogens with zero attached hydrogens (tertiary/aromatic N) is 4. The molecule has 7 heteroatoms. The van der Waals surface area contributed by atoms with Crippen LogP contribution in [0.1, 0.15) is 41.9 Å². The van der Waals surface area contributed by atoms with Crippen LogP contribution in [-0.4, -0.2) is 64.1 Å². The van der Waals surface area contributed by atoms with Crippen LogP contribution in [-0.2, 0) is 17.9 Å². The first-order valence-electron chi connectivity index (χ1n) is 8.95. The van der Waals surface area contributed by atoms with E-state index in [9.17, 15) is 9.59 Å². The lowest BCUT2D eigenvalue weighted by atomic mass is 9.96. The summed E-state index contributed by atoms with van der Waals surface area (Å²) >= 11 is 0. The summed E-state index contributed by atoms with van der Waals surface area (Å²) in [6.45, 7) is 3.83. The standard InChI is InChI=1S/C17H25N5O2/c1-20-6-2-3-12(10-20)17(24)21-7-8-22-14(11-21)9-15(19-22)16(23)18-13-4-5-13/h9,12-13H,2-8,10-11H2,1H3,(H,18,23)/t12-/m0/s1. The molecule has 130 valence electrons. The van der Waals surface area contributed by atoms with Crippen LogP contribution in [0.2, 0.25) is 0 Å². The molecule has 3 aliphatic rings. The Morgan fingerprint density at radius 3 is 2.79 bits per heavy atom. The van der Waals surface area contributed by atoms with Gasteiger partial charge in [0.2, 0.25) is 5.91 Å². The molecule has 0 unspecified atom stereocenters. The van der Waals surface area contributed by atoms with Crippen molar-refractivity contribution in [1.82, 2.24) is 24.9 Å². The minimum atomic E-state index is -0.0915. The quantitative estimate of drug-likeness (QED) is 0.873. The van der Waals surface area contributed by atoms with E-state index >= 15 is 0 Å². The fourth-order valence-electron chi connectivity index (χ4n) is 3.68. The highest BCUT2D eigenvalue weighted by atomic mass is 16.2. The van der Waals surface area contributed by atoms with E-state index in [-0.39, 0.29) is 17.7 Å². The highest BCUT2D eigenvalue weighted by molar-refractivity contribution is 5.92. The molecule has 0 bridgehead atoms. The number of carbonyl (C=O) groups is 2. The molecule has 1 atom stereocenters. The Labute approximate surface area is 142 Å². The van der Waals surface area contributed by atoms with Gasteiger partial charge < -0.3 is 15.1 Å². The number of piperidine rings is 1. The summed E-state index contributed by atoms with van der Waals surface area (Å²) in [5.74, 6) is 0.264. The normalized spacial score (nSPS) is 24.5. The van der Waals surface area contributed by atoms with E-state index in [2.05, 4.69) is 22.4 Å². The lowest BCUT2D eigenvalue weighted by Crippen LogP contribution is -2.46. The fourth-order valence-corrected chi connectivity index (χ4v) is 3.68. The third-order valence-electron chi connectivity index (χ3n) is 5.23. The Balaban J connectivity index is 1.42. The van der Waals surface area contributed by atoms with E-state index in [0.29, 0.717) is 31.4 Å². The summed E-state index contributed by atoms with van der Waals surface area (Å²) in [5.41, 5.74) is 1.43. The summed E-state index contributed by atoms with van der Waals surface area (Å²) < 4.78 is 1.87. The zero-order chi connectivity index (χ0) is 16.7. The Hall–Kier alpha value is -1.89. The number of fused-ring (bicyclic) bond motifs is 1. The number of likely N-dealkylation sites (tertiary alicyclic amines) is 1. The van der Waals surface area contributed by atoms with Gasteiger partial charge in [-0.1, -0.05) is 0 Å². The second kappa shape index (κ2) is 6.20. The van der Waals surface area contributed by atoms with Crippen molar-refractivity contribution in [2.75, 3.05) is 26.7 Å². The highest BCUT2D eigenvalue weighted by Gasteiger charge is 2.31. The maximum Gasteiger partial charge on any atom is 0.272 e. The largest absolute Gasteiger partial charge is 0.348 e.